The molecule has 0 aromatic carbocycles. The summed E-state index contributed by atoms with van der Waals surface area (Å²) in [6, 6.07) is 0. The van der Waals surface area contributed by atoms with Gasteiger partial charge >= 0.3 is 5.97 Å². The first-order valence-corrected chi connectivity index (χ1v) is 4.95. The number of carbonyl (C=O) groups is 1. The molecule has 0 bridgehead atoms. The molecule has 6 heteroatoms. The van der Waals surface area contributed by atoms with Crippen LogP contribution >= 0.6 is 0 Å². The summed E-state index contributed by atoms with van der Waals surface area (Å²) in [5.74, 6) is -0.571. The van der Waals surface area contributed by atoms with Gasteiger partial charge in [-0.3, -0.25) is 4.79 Å². The third-order valence-corrected chi connectivity index (χ3v) is 1.45. The van der Waals surface area contributed by atoms with Crippen LogP contribution in [0.1, 0.15) is 6.92 Å². The minimum atomic E-state index is -3.29. The molecule has 0 fully saturated rings. The number of rotatable bonds is 4. The van der Waals surface area contributed by atoms with Gasteiger partial charge in [-0.1, -0.05) is 0 Å². The second kappa shape index (κ2) is 4.30. The molecule has 0 aromatic heterocycles. The molecule has 1 N–H and O–H groups in total. The van der Waals surface area contributed by atoms with E-state index in [4.69, 9.17) is 0 Å². The Balaban J connectivity index is 3.64. The Bertz CT molecular complexity index is 221. The van der Waals surface area contributed by atoms with Gasteiger partial charge in [0.25, 0.3) is 0 Å². The van der Waals surface area contributed by atoms with E-state index in [-0.39, 0.29) is 13.2 Å². The average molecular weight is 181 g/mol. The summed E-state index contributed by atoms with van der Waals surface area (Å²) < 4.78 is 27.3. The Kier molecular flexibility index (Phi) is 4.06. The summed E-state index contributed by atoms with van der Waals surface area (Å²) in [5.41, 5.74) is 0. The molecule has 0 heterocycles. The third kappa shape index (κ3) is 7.27. The van der Waals surface area contributed by atoms with Crippen LogP contribution in [0.4, 0.5) is 0 Å². The highest BCUT2D eigenvalue weighted by atomic mass is 32.2. The molecule has 0 aromatic rings. The topological polar surface area (TPSA) is 72.5 Å². The van der Waals surface area contributed by atoms with Gasteiger partial charge in [0, 0.05) is 0 Å². The Labute approximate surface area is 65.8 Å². The molecule has 0 radical (unpaired) electrons. The van der Waals surface area contributed by atoms with Gasteiger partial charge in [-0.25, -0.2) is 13.1 Å². The van der Waals surface area contributed by atoms with E-state index in [9.17, 15) is 13.2 Å². The Hall–Kier alpha value is -0.620. The quantitative estimate of drug-likeness (QED) is 0.570. The molecule has 0 spiro atoms. The second-order valence-electron chi connectivity index (χ2n) is 1.90. The van der Waals surface area contributed by atoms with Crippen molar-refractivity contribution < 1.29 is 17.9 Å². The number of sulfonamides is 1. The summed E-state index contributed by atoms with van der Waals surface area (Å²) in [5, 5.41) is 0. The molecular weight excluding hydrogens is 170 g/mol. The van der Waals surface area contributed by atoms with Gasteiger partial charge in [0.2, 0.25) is 10.0 Å². The molecule has 5 nitrogen and oxygen atoms in total. The Morgan fingerprint density at radius 3 is 2.45 bits per heavy atom. The van der Waals surface area contributed by atoms with Crippen LogP contribution in [0.15, 0.2) is 0 Å². The summed E-state index contributed by atoms with van der Waals surface area (Å²) in [7, 11) is -3.29. The summed E-state index contributed by atoms with van der Waals surface area (Å²) in [6.45, 7) is 1.61. The molecular formula is C5H11NO4S. The highest BCUT2D eigenvalue weighted by Crippen LogP contribution is 1.77. The van der Waals surface area contributed by atoms with Gasteiger partial charge in [0.1, 0.15) is 6.54 Å². The van der Waals surface area contributed by atoms with Crippen molar-refractivity contribution in [3.63, 3.8) is 0 Å². The van der Waals surface area contributed by atoms with Crippen LogP contribution in [0.25, 0.3) is 0 Å². The van der Waals surface area contributed by atoms with Crippen LogP contribution in [-0.4, -0.2) is 33.8 Å². The molecule has 0 aliphatic carbocycles. The van der Waals surface area contributed by atoms with E-state index >= 15 is 0 Å². The van der Waals surface area contributed by atoms with Gasteiger partial charge in [0.05, 0.1) is 12.9 Å². The first-order chi connectivity index (χ1) is 4.95. The molecule has 0 saturated heterocycles. The van der Waals surface area contributed by atoms with E-state index in [1.807, 2.05) is 4.72 Å². The number of hydrogen-bond acceptors (Lipinski definition) is 4. The van der Waals surface area contributed by atoms with Crippen molar-refractivity contribution in [3.05, 3.63) is 0 Å². The number of nitrogens with one attached hydrogen (secondary N) is 1. The predicted octanol–water partition coefficient (Wildman–Crippen LogP) is -0.901. The highest BCUT2D eigenvalue weighted by Gasteiger charge is 2.05. The average Bonchev–Trinajstić information content (AvgIpc) is 1.83. The largest absolute Gasteiger partial charge is 0.465 e. The minimum absolute atomic E-state index is 0.254. The molecule has 0 amide bonds. The predicted molar refractivity (Wildman–Crippen MR) is 39.5 cm³/mol. The van der Waals surface area contributed by atoms with Crippen molar-refractivity contribution in [2.24, 2.45) is 0 Å². The van der Waals surface area contributed by atoms with Crippen molar-refractivity contribution in [2.75, 3.05) is 19.4 Å². The molecule has 0 atom stereocenters. The molecule has 0 unspecified atom stereocenters. The van der Waals surface area contributed by atoms with E-state index in [2.05, 4.69) is 4.74 Å². The standard InChI is InChI=1S/C5H11NO4S/c1-3-10-5(7)4-6-11(2,8)9/h6H,3-4H2,1-2H3. The normalized spacial score (nSPS) is 11.1. The Morgan fingerprint density at radius 1 is 1.55 bits per heavy atom. The highest BCUT2D eigenvalue weighted by molar-refractivity contribution is 7.88. The first kappa shape index (κ1) is 10.4. The van der Waals surface area contributed by atoms with Crippen LogP contribution < -0.4 is 4.72 Å². The van der Waals surface area contributed by atoms with Crippen LogP contribution in [-0.2, 0) is 19.6 Å². The molecule has 0 saturated carbocycles. The molecule has 0 aliphatic rings. The fourth-order valence-electron chi connectivity index (χ4n) is 0.402. The van der Waals surface area contributed by atoms with Gasteiger partial charge in [-0.15, -0.1) is 0 Å². The van der Waals surface area contributed by atoms with Crippen molar-refractivity contribution in [2.45, 2.75) is 6.92 Å². The van der Waals surface area contributed by atoms with Crippen molar-refractivity contribution >= 4 is 16.0 Å². The lowest BCUT2D eigenvalue weighted by Gasteiger charge is -2.00. The third-order valence-electron chi connectivity index (χ3n) is 0.784. The van der Waals surface area contributed by atoms with Gasteiger partial charge in [-0.2, -0.15) is 0 Å². The van der Waals surface area contributed by atoms with E-state index in [0.717, 1.165) is 6.26 Å². The zero-order valence-corrected chi connectivity index (χ0v) is 7.27. The lowest BCUT2D eigenvalue weighted by atomic mass is 10.7. The fraction of sp³-hybridized carbons (Fsp3) is 0.800. The van der Waals surface area contributed by atoms with Crippen molar-refractivity contribution in [1.82, 2.24) is 4.72 Å². The SMILES string of the molecule is CCOC(=O)CNS(C)(=O)=O. The van der Waals surface area contributed by atoms with E-state index in [1.165, 1.54) is 0 Å². The van der Waals surface area contributed by atoms with Gasteiger partial charge < -0.3 is 4.74 Å². The first-order valence-electron chi connectivity index (χ1n) is 3.06. The van der Waals surface area contributed by atoms with Crippen LogP contribution in [0.3, 0.4) is 0 Å². The summed E-state index contributed by atoms with van der Waals surface area (Å²) in [6.07, 6.45) is 0.978. The number of carbonyl (C=O) groups excluding carboxylic acids is 1. The lowest BCUT2D eigenvalue weighted by Crippen LogP contribution is -2.29. The van der Waals surface area contributed by atoms with Crippen LogP contribution in [0.2, 0.25) is 0 Å². The lowest BCUT2D eigenvalue weighted by molar-refractivity contribution is -0.141. The van der Waals surface area contributed by atoms with E-state index in [0.29, 0.717) is 0 Å². The maximum Gasteiger partial charge on any atom is 0.320 e. The number of ether oxygens (including phenoxy) is 1. The summed E-state index contributed by atoms with van der Waals surface area (Å²) >= 11 is 0. The Morgan fingerprint density at radius 2 is 2.09 bits per heavy atom. The maximum absolute atomic E-state index is 10.5. The monoisotopic (exact) mass is 181 g/mol. The van der Waals surface area contributed by atoms with Crippen molar-refractivity contribution in [1.29, 1.82) is 0 Å². The maximum atomic E-state index is 10.5. The smallest absolute Gasteiger partial charge is 0.320 e. The second-order valence-corrected chi connectivity index (χ2v) is 3.73. The minimum Gasteiger partial charge on any atom is -0.465 e. The summed E-state index contributed by atoms with van der Waals surface area (Å²) in [4.78, 5) is 10.5. The van der Waals surface area contributed by atoms with Crippen LogP contribution in [0, 0.1) is 0 Å². The molecule has 66 valence electrons. The zero-order chi connectivity index (χ0) is 8.91. The number of hydrogen-bond donors (Lipinski definition) is 1. The van der Waals surface area contributed by atoms with Crippen molar-refractivity contribution in [3.8, 4) is 0 Å². The van der Waals surface area contributed by atoms with Gasteiger partial charge in [0.15, 0.2) is 0 Å². The van der Waals surface area contributed by atoms with E-state index < -0.39 is 16.0 Å². The fourth-order valence-corrected chi connectivity index (χ4v) is 0.782. The van der Waals surface area contributed by atoms with Crippen LogP contribution in [0.5, 0.6) is 0 Å². The molecule has 0 aliphatic heterocycles. The zero-order valence-electron chi connectivity index (χ0n) is 6.46. The molecule has 0 rings (SSSR count). The molecule has 11 heavy (non-hydrogen) atoms. The van der Waals surface area contributed by atoms with E-state index in [1.54, 1.807) is 6.92 Å². The van der Waals surface area contributed by atoms with Gasteiger partial charge in [-0.05, 0) is 6.92 Å². The number of esters is 1.